The lowest BCUT2D eigenvalue weighted by atomic mass is 9.94. The van der Waals surface area contributed by atoms with E-state index >= 15 is 0 Å². The summed E-state index contributed by atoms with van der Waals surface area (Å²) in [5.41, 5.74) is 1.09. The van der Waals surface area contributed by atoms with Crippen molar-refractivity contribution in [3.63, 3.8) is 0 Å². The summed E-state index contributed by atoms with van der Waals surface area (Å²) in [5, 5.41) is 0. The van der Waals surface area contributed by atoms with Crippen molar-refractivity contribution in [3.05, 3.63) is 30.1 Å². The predicted molar refractivity (Wildman–Crippen MR) is 78.4 cm³/mol. The van der Waals surface area contributed by atoms with E-state index in [4.69, 9.17) is 0 Å². The quantitative estimate of drug-likeness (QED) is 0.856. The number of piperidine rings is 1. The number of aromatic nitrogens is 1. The van der Waals surface area contributed by atoms with E-state index in [0.29, 0.717) is 13.1 Å². The van der Waals surface area contributed by atoms with Crippen LogP contribution in [0.1, 0.15) is 24.8 Å². The van der Waals surface area contributed by atoms with Gasteiger partial charge in [-0.3, -0.25) is 14.7 Å². The number of nitrogens with zero attached hydrogens (tertiary/aromatic N) is 3. The Labute approximate surface area is 133 Å². The number of carbonyl (C=O) groups is 1. The number of fused-ring (bicyclic) bond motifs is 4. The lowest BCUT2D eigenvalue weighted by Gasteiger charge is -2.36. The summed E-state index contributed by atoms with van der Waals surface area (Å²) in [6, 6.07) is 3.76. The van der Waals surface area contributed by atoms with Crippen molar-refractivity contribution >= 4 is 5.91 Å². The van der Waals surface area contributed by atoms with E-state index in [9.17, 15) is 18.0 Å². The highest BCUT2D eigenvalue weighted by molar-refractivity contribution is 5.77. The molecule has 0 N–H and O–H groups in total. The maximum atomic E-state index is 12.5. The van der Waals surface area contributed by atoms with Gasteiger partial charge < -0.3 is 4.90 Å². The summed E-state index contributed by atoms with van der Waals surface area (Å²) in [7, 11) is 0. The van der Waals surface area contributed by atoms with Gasteiger partial charge >= 0.3 is 6.18 Å². The van der Waals surface area contributed by atoms with Gasteiger partial charge in [0.25, 0.3) is 0 Å². The third-order valence-electron chi connectivity index (χ3n) is 4.59. The van der Waals surface area contributed by atoms with Crippen LogP contribution in [0.5, 0.6) is 0 Å². The molecule has 3 aliphatic heterocycles. The van der Waals surface area contributed by atoms with Gasteiger partial charge in [-0.2, -0.15) is 13.2 Å². The first-order valence-corrected chi connectivity index (χ1v) is 7.88. The molecule has 3 saturated heterocycles. The number of carbonyl (C=O) groups excluding carboxylic acids is 1. The van der Waals surface area contributed by atoms with Crippen molar-refractivity contribution in [2.24, 2.45) is 5.92 Å². The summed E-state index contributed by atoms with van der Waals surface area (Å²) in [4.78, 5) is 19.8. The molecule has 0 spiro atoms. The third-order valence-corrected chi connectivity index (χ3v) is 4.59. The standard InChI is InChI=1S/C16H20F3N3O/c17-16(18,19)6-15(23)22-10-13-3-4-14(22)11-21(9-13)8-12-2-1-5-20-7-12/h1-2,5,7,13-14H,3-4,6,8-11H2/t13-,14+/m0/s1. The first-order chi connectivity index (χ1) is 10.9. The fourth-order valence-electron chi connectivity index (χ4n) is 3.64. The Morgan fingerprint density at radius 3 is 2.78 bits per heavy atom. The summed E-state index contributed by atoms with van der Waals surface area (Å²) in [6.07, 6.45) is -0.495. The Morgan fingerprint density at radius 2 is 2.09 bits per heavy atom. The fourth-order valence-corrected chi connectivity index (χ4v) is 3.64. The predicted octanol–water partition coefficient (Wildman–Crippen LogP) is 2.46. The number of halogens is 3. The topological polar surface area (TPSA) is 36.4 Å². The van der Waals surface area contributed by atoms with Crippen LogP contribution in [0, 0.1) is 5.92 Å². The van der Waals surface area contributed by atoms with Crippen LogP contribution in [0.2, 0.25) is 0 Å². The maximum absolute atomic E-state index is 12.5. The molecule has 1 amide bonds. The van der Waals surface area contributed by atoms with Crippen molar-refractivity contribution < 1.29 is 18.0 Å². The molecular formula is C16H20F3N3O. The summed E-state index contributed by atoms with van der Waals surface area (Å²) < 4.78 is 37.5. The number of amides is 1. The molecule has 0 radical (unpaired) electrons. The zero-order valence-corrected chi connectivity index (χ0v) is 12.8. The molecule has 2 bridgehead atoms. The Bertz CT molecular complexity index is 549. The third kappa shape index (κ3) is 4.22. The van der Waals surface area contributed by atoms with E-state index < -0.39 is 18.5 Å². The van der Waals surface area contributed by atoms with E-state index in [1.54, 1.807) is 12.4 Å². The van der Waals surface area contributed by atoms with Gasteiger partial charge in [-0.05, 0) is 30.4 Å². The van der Waals surface area contributed by atoms with Gasteiger partial charge in [-0.25, -0.2) is 0 Å². The average Bonchev–Trinajstić information content (AvgIpc) is 2.77. The van der Waals surface area contributed by atoms with E-state index in [0.717, 1.165) is 31.5 Å². The van der Waals surface area contributed by atoms with Crippen LogP contribution in [0.15, 0.2) is 24.5 Å². The first-order valence-electron chi connectivity index (χ1n) is 7.88. The van der Waals surface area contributed by atoms with Gasteiger partial charge in [0.05, 0.1) is 0 Å². The van der Waals surface area contributed by atoms with Gasteiger partial charge in [-0.15, -0.1) is 0 Å². The van der Waals surface area contributed by atoms with Crippen LogP contribution in [0.25, 0.3) is 0 Å². The van der Waals surface area contributed by atoms with Crippen molar-refractivity contribution in [1.29, 1.82) is 0 Å². The minimum absolute atomic E-state index is 0.111. The lowest BCUT2D eigenvalue weighted by Crippen LogP contribution is -2.48. The average molecular weight is 327 g/mol. The Balaban J connectivity index is 1.67. The molecule has 4 heterocycles. The number of rotatable bonds is 3. The molecule has 2 atom stereocenters. The zero-order valence-electron chi connectivity index (χ0n) is 12.8. The van der Waals surface area contributed by atoms with Crippen LogP contribution in [-0.2, 0) is 11.3 Å². The van der Waals surface area contributed by atoms with Crippen molar-refractivity contribution in [3.8, 4) is 0 Å². The molecule has 23 heavy (non-hydrogen) atoms. The normalized spacial score (nSPS) is 25.4. The molecule has 126 valence electrons. The highest BCUT2D eigenvalue weighted by atomic mass is 19.4. The van der Waals surface area contributed by atoms with Crippen LogP contribution < -0.4 is 0 Å². The second-order valence-corrected chi connectivity index (χ2v) is 6.49. The van der Waals surface area contributed by atoms with Crippen molar-refractivity contribution in [2.75, 3.05) is 19.6 Å². The van der Waals surface area contributed by atoms with Gasteiger partial charge in [0.2, 0.25) is 5.91 Å². The molecular weight excluding hydrogens is 307 g/mol. The summed E-state index contributed by atoms with van der Waals surface area (Å²) in [6.45, 7) is 2.63. The van der Waals surface area contributed by atoms with Crippen LogP contribution >= 0.6 is 0 Å². The van der Waals surface area contributed by atoms with Gasteiger partial charge in [0.15, 0.2) is 0 Å². The minimum Gasteiger partial charge on any atom is -0.338 e. The minimum atomic E-state index is -4.43. The van der Waals surface area contributed by atoms with Gasteiger partial charge in [0, 0.05) is 44.6 Å². The van der Waals surface area contributed by atoms with E-state index in [-0.39, 0.29) is 12.0 Å². The second-order valence-electron chi connectivity index (χ2n) is 6.49. The number of hydrogen-bond acceptors (Lipinski definition) is 3. The molecule has 4 nitrogen and oxygen atoms in total. The summed E-state index contributed by atoms with van der Waals surface area (Å²) >= 11 is 0. The zero-order chi connectivity index (χ0) is 16.4. The number of pyridine rings is 1. The molecule has 0 unspecified atom stereocenters. The molecule has 7 heteroatoms. The molecule has 1 aromatic rings. The van der Waals surface area contributed by atoms with E-state index in [1.807, 2.05) is 12.1 Å². The highest BCUT2D eigenvalue weighted by Crippen LogP contribution is 2.31. The monoisotopic (exact) mass is 327 g/mol. The number of hydrogen-bond donors (Lipinski definition) is 0. The van der Waals surface area contributed by atoms with Crippen LogP contribution in [-0.4, -0.2) is 52.5 Å². The Hall–Kier alpha value is -1.63. The molecule has 3 aliphatic rings. The van der Waals surface area contributed by atoms with Crippen LogP contribution in [0.4, 0.5) is 13.2 Å². The highest BCUT2D eigenvalue weighted by Gasteiger charge is 2.40. The first kappa shape index (κ1) is 16.2. The lowest BCUT2D eigenvalue weighted by molar-refractivity contribution is -0.164. The molecule has 3 fully saturated rings. The number of alkyl halides is 3. The Kier molecular flexibility index (Phi) is 4.57. The van der Waals surface area contributed by atoms with Crippen LogP contribution in [0.3, 0.4) is 0 Å². The Morgan fingerprint density at radius 1 is 1.26 bits per heavy atom. The molecule has 4 rings (SSSR count). The van der Waals surface area contributed by atoms with Crippen molar-refractivity contribution in [1.82, 2.24) is 14.8 Å². The SMILES string of the molecule is O=C(CC(F)(F)F)N1C[C@H]2CC[C@@H]1CN(Cc1cccnc1)C2. The van der Waals surface area contributed by atoms with E-state index in [2.05, 4.69) is 9.88 Å². The van der Waals surface area contributed by atoms with Gasteiger partial charge in [0.1, 0.15) is 6.42 Å². The van der Waals surface area contributed by atoms with Crippen molar-refractivity contribution in [2.45, 2.75) is 38.0 Å². The molecule has 1 aromatic heterocycles. The maximum Gasteiger partial charge on any atom is 0.397 e. The fraction of sp³-hybridized carbons (Fsp3) is 0.625. The molecule has 0 aliphatic carbocycles. The summed E-state index contributed by atoms with van der Waals surface area (Å²) in [5.74, 6) is -0.530. The molecule has 0 saturated carbocycles. The second kappa shape index (κ2) is 6.47. The van der Waals surface area contributed by atoms with Gasteiger partial charge in [-0.1, -0.05) is 6.07 Å². The largest absolute Gasteiger partial charge is 0.397 e. The molecule has 0 aromatic carbocycles. The van der Waals surface area contributed by atoms with E-state index in [1.165, 1.54) is 4.90 Å². The smallest absolute Gasteiger partial charge is 0.338 e.